The summed E-state index contributed by atoms with van der Waals surface area (Å²) < 4.78 is 1.57. The van der Waals surface area contributed by atoms with E-state index in [4.69, 9.17) is 5.73 Å². The van der Waals surface area contributed by atoms with Crippen molar-refractivity contribution in [3.8, 4) is 0 Å². The van der Waals surface area contributed by atoms with Gasteiger partial charge in [-0.1, -0.05) is 6.92 Å². The molecule has 1 aromatic rings. The van der Waals surface area contributed by atoms with Crippen molar-refractivity contribution in [1.82, 2.24) is 15.1 Å². The Balaban J connectivity index is 2.58. The third-order valence-electron chi connectivity index (χ3n) is 3.16. The largest absolute Gasteiger partial charge is 0.396 e. The summed E-state index contributed by atoms with van der Waals surface area (Å²) in [5, 5.41) is 16.7. The molecule has 1 amide bonds. The Hall–Kier alpha value is -1.56. The second kappa shape index (κ2) is 5.39. The van der Waals surface area contributed by atoms with Crippen LogP contribution in [0, 0.1) is 13.8 Å². The first-order chi connectivity index (χ1) is 8.26. The van der Waals surface area contributed by atoms with E-state index in [1.807, 2.05) is 13.8 Å². The number of aromatic nitrogens is 2. The Bertz CT molecular complexity index is 438. The average Bonchev–Trinajstić information content (AvgIpc) is 2.55. The molecule has 1 unspecified atom stereocenters. The molecule has 0 spiro atoms. The zero-order chi connectivity index (χ0) is 13.9. The molecule has 18 heavy (non-hydrogen) atoms. The van der Waals surface area contributed by atoms with Gasteiger partial charge in [0.1, 0.15) is 6.54 Å². The first-order valence-corrected chi connectivity index (χ1v) is 6.05. The summed E-state index contributed by atoms with van der Waals surface area (Å²) in [5.74, 6) is -0.186. The highest BCUT2D eigenvalue weighted by atomic mass is 16.3. The maximum Gasteiger partial charge on any atom is 0.241 e. The molecule has 0 radical (unpaired) electrons. The maximum atomic E-state index is 11.7. The summed E-state index contributed by atoms with van der Waals surface area (Å²) in [5.41, 5.74) is 7.04. The molecule has 1 rings (SSSR count). The highest BCUT2D eigenvalue weighted by Crippen LogP contribution is 2.14. The normalized spacial score (nSPS) is 14.3. The molecule has 6 nitrogen and oxygen atoms in total. The lowest BCUT2D eigenvalue weighted by atomic mass is 10.0. The van der Waals surface area contributed by atoms with Gasteiger partial charge in [-0.05, 0) is 27.2 Å². The number of nitrogens with two attached hydrogens (primary N) is 1. The standard InChI is InChI=1S/C12H22N4O2/c1-5-12(4,18)7-14-10(17)6-16-9(3)11(13)8(2)15-16/h18H,5-7,13H2,1-4H3,(H,14,17). The topological polar surface area (TPSA) is 93.2 Å². The number of carbonyl (C=O) groups excluding carboxylic acids is 1. The maximum absolute atomic E-state index is 11.7. The lowest BCUT2D eigenvalue weighted by Gasteiger charge is -2.21. The van der Waals surface area contributed by atoms with Crippen LogP contribution < -0.4 is 11.1 Å². The number of carbonyl (C=O) groups is 1. The van der Waals surface area contributed by atoms with Crippen molar-refractivity contribution in [2.75, 3.05) is 12.3 Å². The Morgan fingerprint density at radius 2 is 2.17 bits per heavy atom. The third kappa shape index (κ3) is 3.46. The highest BCUT2D eigenvalue weighted by molar-refractivity contribution is 5.76. The van der Waals surface area contributed by atoms with Crippen LogP contribution in [0.1, 0.15) is 31.7 Å². The zero-order valence-corrected chi connectivity index (χ0v) is 11.4. The number of aliphatic hydroxyl groups is 1. The predicted octanol–water partition coefficient (Wildman–Crippen LogP) is 0.359. The SMILES string of the molecule is CCC(C)(O)CNC(=O)Cn1nc(C)c(N)c1C. The fourth-order valence-electron chi connectivity index (χ4n) is 1.47. The quantitative estimate of drug-likeness (QED) is 0.707. The number of nitrogens with zero attached hydrogens (tertiary/aromatic N) is 2. The minimum atomic E-state index is -0.871. The predicted molar refractivity (Wildman–Crippen MR) is 70.0 cm³/mol. The number of aryl methyl sites for hydroxylation is 1. The molecule has 0 aliphatic rings. The highest BCUT2D eigenvalue weighted by Gasteiger charge is 2.19. The number of rotatable bonds is 5. The van der Waals surface area contributed by atoms with Gasteiger partial charge in [0.05, 0.1) is 22.7 Å². The van der Waals surface area contributed by atoms with Gasteiger partial charge in [0.15, 0.2) is 0 Å². The summed E-state index contributed by atoms with van der Waals surface area (Å²) in [6, 6.07) is 0. The van der Waals surface area contributed by atoms with E-state index in [9.17, 15) is 9.90 Å². The van der Waals surface area contributed by atoms with Gasteiger partial charge in [-0.2, -0.15) is 5.10 Å². The van der Waals surface area contributed by atoms with Crippen molar-refractivity contribution >= 4 is 11.6 Å². The summed E-state index contributed by atoms with van der Waals surface area (Å²) in [7, 11) is 0. The van der Waals surface area contributed by atoms with E-state index in [-0.39, 0.29) is 19.0 Å². The number of nitrogens with one attached hydrogen (secondary N) is 1. The van der Waals surface area contributed by atoms with E-state index in [0.717, 1.165) is 11.4 Å². The van der Waals surface area contributed by atoms with Gasteiger partial charge in [0.2, 0.25) is 5.91 Å². The minimum Gasteiger partial charge on any atom is -0.396 e. The second-order valence-electron chi connectivity index (χ2n) is 4.87. The van der Waals surface area contributed by atoms with Crippen molar-refractivity contribution in [1.29, 1.82) is 0 Å². The molecule has 102 valence electrons. The number of amides is 1. The monoisotopic (exact) mass is 254 g/mol. The van der Waals surface area contributed by atoms with Crippen LogP contribution in [0.5, 0.6) is 0 Å². The van der Waals surface area contributed by atoms with Crippen molar-refractivity contribution in [3.63, 3.8) is 0 Å². The fourth-order valence-corrected chi connectivity index (χ4v) is 1.47. The van der Waals surface area contributed by atoms with Gasteiger partial charge >= 0.3 is 0 Å². The molecule has 0 fully saturated rings. The van der Waals surface area contributed by atoms with Crippen molar-refractivity contribution < 1.29 is 9.90 Å². The molecule has 0 aromatic carbocycles. The van der Waals surface area contributed by atoms with E-state index in [1.54, 1.807) is 18.5 Å². The number of anilines is 1. The Morgan fingerprint density at radius 1 is 1.56 bits per heavy atom. The molecule has 4 N–H and O–H groups in total. The summed E-state index contributed by atoms with van der Waals surface area (Å²) in [6.45, 7) is 7.53. The number of hydrogen-bond donors (Lipinski definition) is 3. The molecule has 1 atom stereocenters. The van der Waals surface area contributed by atoms with Crippen LogP contribution in [0.25, 0.3) is 0 Å². The summed E-state index contributed by atoms with van der Waals surface area (Å²) in [6.07, 6.45) is 0.583. The lowest BCUT2D eigenvalue weighted by Crippen LogP contribution is -2.41. The molecule has 6 heteroatoms. The van der Waals surface area contributed by atoms with E-state index >= 15 is 0 Å². The molecule has 1 aromatic heterocycles. The van der Waals surface area contributed by atoms with Gasteiger partial charge < -0.3 is 16.2 Å². The summed E-state index contributed by atoms with van der Waals surface area (Å²) >= 11 is 0. The van der Waals surface area contributed by atoms with E-state index in [2.05, 4.69) is 10.4 Å². The Morgan fingerprint density at radius 3 is 2.61 bits per heavy atom. The fraction of sp³-hybridized carbons (Fsp3) is 0.667. The number of nitrogen functional groups attached to an aromatic ring is 1. The molecule has 0 saturated heterocycles. The molecule has 0 bridgehead atoms. The van der Waals surface area contributed by atoms with Gasteiger partial charge in [0.25, 0.3) is 0 Å². The molecule has 0 aliphatic carbocycles. The van der Waals surface area contributed by atoms with Gasteiger partial charge in [-0.15, -0.1) is 0 Å². The van der Waals surface area contributed by atoms with Crippen LogP contribution in [-0.4, -0.2) is 32.9 Å². The molecule has 0 saturated carbocycles. The van der Waals surface area contributed by atoms with Crippen molar-refractivity contribution in [3.05, 3.63) is 11.4 Å². The lowest BCUT2D eigenvalue weighted by molar-refractivity contribution is -0.123. The van der Waals surface area contributed by atoms with Crippen LogP contribution in [-0.2, 0) is 11.3 Å². The van der Waals surface area contributed by atoms with Crippen LogP contribution in [0.4, 0.5) is 5.69 Å². The van der Waals surface area contributed by atoms with E-state index in [0.29, 0.717) is 12.1 Å². The van der Waals surface area contributed by atoms with Gasteiger partial charge in [-0.25, -0.2) is 0 Å². The third-order valence-corrected chi connectivity index (χ3v) is 3.16. The Labute approximate surface area is 107 Å². The van der Waals surface area contributed by atoms with Crippen LogP contribution in [0.3, 0.4) is 0 Å². The Kier molecular flexibility index (Phi) is 4.34. The van der Waals surface area contributed by atoms with Crippen molar-refractivity contribution in [2.45, 2.75) is 46.3 Å². The molecular weight excluding hydrogens is 232 g/mol. The molecule has 0 aliphatic heterocycles. The van der Waals surface area contributed by atoms with Crippen molar-refractivity contribution in [2.24, 2.45) is 0 Å². The van der Waals surface area contributed by atoms with Gasteiger partial charge in [-0.3, -0.25) is 9.48 Å². The first-order valence-electron chi connectivity index (χ1n) is 6.05. The van der Waals surface area contributed by atoms with Gasteiger partial charge in [0, 0.05) is 6.54 Å². The zero-order valence-electron chi connectivity index (χ0n) is 11.4. The minimum absolute atomic E-state index is 0.115. The van der Waals surface area contributed by atoms with Crippen LogP contribution >= 0.6 is 0 Å². The molecule has 1 heterocycles. The average molecular weight is 254 g/mol. The van der Waals surface area contributed by atoms with Crippen LogP contribution in [0.2, 0.25) is 0 Å². The van der Waals surface area contributed by atoms with Crippen LogP contribution in [0.15, 0.2) is 0 Å². The number of hydrogen-bond acceptors (Lipinski definition) is 4. The smallest absolute Gasteiger partial charge is 0.241 e. The second-order valence-corrected chi connectivity index (χ2v) is 4.87. The summed E-state index contributed by atoms with van der Waals surface area (Å²) in [4.78, 5) is 11.7. The van der Waals surface area contributed by atoms with E-state index in [1.165, 1.54) is 0 Å². The first kappa shape index (κ1) is 14.5. The molecular formula is C12H22N4O2. The van der Waals surface area contributed by atoms with E-state index < -0.39 is 5.60 Å².